The molecule has 0 aromatic heterocycles. The van der Waals surface area contributed by atoms with Crippen LogP contribution in [-0.4, -0.2) is 25.1 Å². The smallest absolute Gasteiger partial charge is 0.250 e. The predicted octanol–water partition coefficient (Wildman–Crippen LogP) is -0.974. The fraction of sp³-hybridized carbons (Fsp3) is 0.833. The third kappa shape index (κ3) is 0.803. The number of piperidine rings is 1. The second kappa shape index (κ2) is 2.21. The molecule has 2 aliphatic heterocycles. The van der Waals surface area contributed by atoms with Crippen LogP contribution in [0.5, 0.6) is 0 Å². The van der Waals surface area contributed by atoms with Gasteiger partial charge in [0.2, 0.25) is 0 Å². The minimum absolute atomic E-state index is 0.0252. The number of rotatable bonds is 0. The number of hydrogen-bond acceptors (Lipinski definition) is 3. The molecule has 2 atom stereocenters. The standard InChI is InChI=1S/C6H10N2O2/c9-6-4-3-7-2-1-5(4)10-8-6/h4-5,7H,1-3H2,(H,8,9)/t4-,5+/m0/s1. The van der Waals surface area contributed by atoms with Gasteiger partial charge in [0.05, 0.1) is 12.0 Å². The molecule has 2 fully saturated rings. The van der Waals surface area contributed by atoms with Crippen molar-refractivity contribution in [2.45, 2.75) is 12.5 Å². The van der Waals surface area contributed by atoms with Gasteiger partial charge in [-0.1, -0.05) is 0 Å². The summed E-state index contributed by atoms with van der Waals surface area (Å²) in [5.74, 6) is 0.0750. The molecule has 56 valence electrons. The van der Waals surface area contributed by atoms with Crippen molar-refractivity contribution < 1.29 is 9.63 Å². The van der Waals surface area contributed by atoms with E-state index in [1.165, 1.54) is 0 Å². The summed E-state index contributed by atoms with van der Waals surface area (Å²) >= 11 is 0. The molecular formula is C6H10N2O2. The van der Waals surface area contributed by atoms with Gasteiger partial charge in [0.15, 0.2) is 0 Å². The Labute approximate surface area is 58.9 Å². The first-order valence-electron chi connectivity index (χ1n) is 3.54. The van der Waals surface area contributed by atoms with Gasteiger partial charge in [-0.15, -0.1) is 0 Å². The maximum Gasteiger partial charge on any atom is 0.250 e. The average Bonchev–Trinajstić information content (AvgIpc) is 2.34. The Hall–Kier alpha value is -0.610. The zero-order valence-electron chi connectivity index (χ0n) is 5.59. The molecule has 0 aliphatic carbocycles. The maximum absolute atomic E-state index is 10.9. The second-order valence-electron chi connectivity index (χ2n) is 2.72. The van der Waals surface area contributed by atoms with Gasteiger partial charge < -0.3 is 5.32 Å². The summed E-state index contributed by atoms with van der Waals surface area (Å²) in [5, 5.41) is 3.15. The molecule has 0 aromatic carbocycles. The van der Waals surface area contributed by atoms with E-state index in [1.807, 2.05) is 0 Å². The molecule has 2 rings (SSSR count). The average molecular weight is 142 g/mol. The maximum atomic E-state index is 10.9. The molecule has 0 saturated carbocycles. The summed E-state index contributed by atoms with van der Waals surface area (Å²) < 4.78 is 0. The van der Waals surface area contributed by atoms with Crippen molar-refractivity contribution in [1.29, 1.82) is 0 Å². The Morgan fingerprint density at radius 2 is 2.50 bits per heavy atom. The van der Waals surface area contributed by atoms with Crippen molar-refractivity contribution >= 4 is 5.91 Å². The monoisotopic (exact) mass is 142 g/mol. The van der Waals surface area contributed by atoms with Crippen LogP contribution in [0.15, 0.2) is 0 Å². The minimum atomic E-state index is 0.0252. The number of hydroxylamine groups is 1. The molecule has 0 unspecified atom stereocenters. The van der Waals surface area contributed by atoms with Crippen LogP contribution < -0.4 is 10.8 Å². The lowest BCUT2D eigenvalue weighted by Crippen LogP contribution is -2.40. The number of hydrogen-bond donors (Lipinski definition) is 2. The van der Waals surface area contributed by atoms with Crippen LogP contribution in [0.4, 0.5) is 0 Å². The Balaban J connectivity index is 2.08. The van der Waals surface area contributed by atoms with Crippen molar-refractivity contribution in [3.05, 3.63) is 0 Å². The molecule has 2 N–H and O–H groups in total. The highest BCUT2D eigenvalue weighted by Crippen LogP contribution is 2.18. The van der Waals surface area contributed by atoms with Crippen LogP contribution in [-0.2, 0) is 9.63 Å². The molecular weight excluding hydrogens is 132 g/mol. The van der Waals surface area contributed by atoms with E-state index >= 15 is 0 Å². The van der Waals surface area contributed by atoms with Crippen LogP contribution in [0.1, 0.15) is 6.42 Å². The van der Waals surface area contributed by atoms with E-state index in [4.69, 9.17) is 4.84 Å². The molecule has 1 amide bonds. The van der Waals surface area contributed by atoms with Crippen molar-refractivity contribution in [2.75, 3.05) is 13.1 Å². The molecule has 4 nitrogen and oxygen atoms in total. The Bertz CT molecular complexity index is 160. The van der Waals surface area contributed by atoms with E-state index in [0.29, 0.717) is 0 Å². The van der Waals surface area contributed by atoms with Crippen LogP contribution in [0, 0.1) is 5.92 Å². The highest BCUT2D eigenvalue weighted by molar-refractivity contribution is 5.80. The van der Waals surface area contributed by atoms with Crippen molar-refractivity contribution in [2.24, 2.45) is 5.92 Å². The Morgan fingerprint density at radius 1 is 1.60 bits per heavy atom. The lowest BCUT2D eigenvalue weighted by molar-refractivity contribution is -0.126. The van der Waals surface area contributed by atoms with Gasteiger partial charge in [-0.3, -0.25) is 9.63 Å². The van der Waals surface area contributed by atoms with E-state index < -0.39 is 0 Å². The Kier molecular flexibility index (Phi) is 1.35. The molecule has 10 heavy (non-hydrogen) atoms. The van der Waals surface area contributed by atoms with Crippen LogP contribution in [0.2, 0.25) is 0 Å². The van der Waals surface area contributed by atoms with Gasteiger partial charge in [0.1, 0.15) is 0 Å². The highest BCUT2D eigenvalue weighted by atomic mass is 16.7. The zero-order chi connectivity index (χ0) is 6.97. The summed E-state index contributed by atoms with van der Waals surface area (Å²) in [5.41, 5.74) is 2.38. The van der Waals surface area contributed by atoms with Crippen LogP contribution in [0.3, 0.4) is 0 Å². The van der Waals surface area contributed by atoms with Crippen molar-refractivity contribution in [3.8, 4) is 0 Å². The van der Waals surface area contributed by atoms with E-state index in [9.17, 15) is 4.79 Å². The van der Waals surface area contributed by atoms with E-state index in [0.717, 1.165) is 19.5 Å². The third-order valence-electron chi connectivity index (χ3n) is 2.07. The third-order valence-corrected chi connectivity index (χ3v) is 2.07. The molecule has 0 bridgehead atoms. The summed E-state index contributed by atoms with van der Waals surface area (Å²) in [6.45, 7) is 1.71. The van der Waals surface area contributed by atoms with Gasteiger partial charge in [-0.05, 0) is 13.0 Å². The number of carbonyl (C=O) groups excluding carboxylic acids is 1. The van der Waals surface area contributed by atoms with E-state index in [1.54, 1.807) is 0 Å². The molecule has 0 spiro atoms. The second-order valence-corrected chi connectivity index (χ2v) is 2.72. The fourth-order valence-corrected chi connectivity index (χ4v) is 1.45. The first kappa shape index (κ1) is 6.12. The topological polar surface area (TPSA) is 50.4 Å². The van der Waals surface area contributed by atoms with E-state index in [2.05, 4.69) is 10.8 Å². The molecule has 4 heteroatoms. The van der Waals surface area contributed by atoms with Crippen molar-refractivity contribution in [1.82, 2.24) is 10.8 Å². The van der Waals surface area contributed by atoms with Crippen LogP contribution >= 0.6 is 0 Å². The number of nitrogens with one attached hydrogen (secondary N) is 2. The van der Waals surface area contributed by atoms with Gasteiger partial charge >= 0.3 is 0 Å². The summed E-state index contributed by atoms with van der Waals surface area (Å²) in [6.07, 6.45) is 1.05. The van der Waals surface area contributed by atoms with Crippen molar-refractivity contribution in [3.63, 3.8) is 0 Å². The van der Waals surface area contributed by atoms with E-state index in [-0.39, 0.29) is 17.9 Å². The SMILES string of the molecule is O=C1NO[C@@H]2CCNC[C@H]12. The number of fused-ring (bicyclic) bond motifs is 1. The summed E-state index contributed by atoms with van der Waals surface area (Å²) in [7, 11) is 0. The van der Waals surface area contributed by atoms with Gasteiger partial charge in [0.25, 0.3) is 5.91 Å². The quantitative estimate of drug-likeness (QED) is 0.457. The van der Waals surface area contributed by atoms with Gasteiger partial charge in [-0.2, -0.15) is 0 Å². The number of carbonyl (C=O) groups is 1. The molecule has 2 heterocycles. The molecule has 0 aromatic rings. The molecule has 0 radical (unpaired) electrons. The van der Waals surface area contributed by atoms with Gasteiger partial charge in [-0.25, -0.2) is 5.48 Å². The largest absolute Gasteiger partial charge is 0.316 e. The predicted molar refractivity (Wildman–Crippen MR) is 34.0 cm³/mol. The van der Waals surface area contributed by atoms with Gasteiger partial charge in [0, 0.05) is 6.54 Å². The van der Waals surface area contributed by atoms with Crippen LogP contribution in [0.25, 0.3) is 0 Å². The number of amides is 1. The summed E-state index contributed by atoms with van der Waals surface area (Å²) in [6, 6.07) is 0. The zero-order valence-corrected chi connectivity index (χ0v) is 5.59. The first-order valence-corrected chi connectivity index (χ1v) is 3.54. The Morgan fingerprint density at radius 3 is 3.30 bits per heavy atom. The summed E-state index contributed by atoms with van der Waals surface area (Å²) in [4.78, 5) is 16.0. The highest BCUT2D eigenvalue weighted by Gasteiger charge is 2.37. The first-order chi connectivity index (χ1) is 4.88. The lowest BCUT2D eigenvalue weighted by Gasteiger charge is -2.20. The minimum Gasteiger partial charge on any atom is -0.316 e. The molecule has 2 saturated heterocycles. The molecule has 2 aliphatic rings. The fourth-order valence-electron chi connectivity index (χ4n) is 1.45. The lowest BCUT2D eigenvalue weighted by atomic mass is 9.97. The normalized spacial score (nSPS) is 39.0.